The molecule has 0 atom stereocenters. The SMILES string of the molecule is COCCc1ccc(CON)cc1. The van der Waals surface area contributed by atoms with Gasteiger partial charge in [-0.25, -0.2) is 5.90 Å². The number of nitrogens with two attached hydrogens (primary N) is 1. The molecular formula is C10H15NO2. The Morgan fingerprint density at radius 1 is 1.15 bits per heavy atom. The molecule has 1 rings (SSSR count). The van der Waals surface area contributed by atoms with Crippen molar-refractivity contribution in [3.63, 3.8) is 0 Å². The van der Waals surface area contributed by atoms with Crippen molar-refractivity contribution in [3.8, 4) is 0 Å². The van der Waals surface area contributed by atoms with Crippen LogP contribution in [-0.2, 0) is 22.6 Å². The highest BCUT2D eigenvalue weighted by Gasteiger charge is 1.94. The van der Waals surface area contributed by atoms with Gasteiger partial charge in [-0.2, -0.15) is 0 Å². The zero-order valence-electron chi connectivity index (χ0n) is 7.82. The molecule has 0 spiro atoms. The minimum atomic E-state index is 0.463. The average molecular weight is 181 g/mol. The highest BCUT2D eigenvalue weighted by Crippen LogP contribution is 2.05. The molecule has 3 heteroatoms. The summed E-state index contributed by atoms with van der Waals surface area (Å²) in [6.07, 6.45) is 0.945. The Morgan fingerprint density at radius 2 is 1.77 bits per heavy atom. The van der Waals surface area contributed by atoms with Gasteiger partial charge in [0.25, 0.3) is 0 Å². The molecular weight excluding hydrogens is 166 g/mol. The second-order valence-electron chi connectivity index (χ2n) is 2.87. The summed E-state index contributed by atoms with van der Waals surface area (Å²) in [5.74, 6) is 4.96. The van der Waals surface area contributed by atoms with Gasteiger partial charge in [-0.1, -0.05) is 24.3 Å². The van der Waals surface area contributed by atoms with E-state index in [2.05, 4.69) is 17.0 Å². The molecule has 0 radical (unpaired) electrons. The minimum absolute atomic E-state index is 0.463. The maximum absolute atomic E-state index is 4.98. The molecule has 0 aromatic heterocycles. The molecule has 0 saturated heterocycles. The van der Waals surface area contributed by atoms with Gasteiger partial charge in [0.15, 0.2) is 0 Å². The van der Waals surface area contributed by atoms with Gasteiger partial charge < -0.3 is 4.74 Å². The lowest BCUT2D eigenvalue weighted by Crippen LogP contribution is -1.99. The molecule has 0 amide bonds. The van der Waals surface area contributed by atoms with E-state index in [1.54, 1.807) is 7.11 Å². The van der Waals surface area contributed by atoms with Gasteiger partial charge in [0.2, 0.25) is 0 Å². The monoisotopic (exact) mass is 181 g/mol. The summed E-state index contributed by atoms with van der Waals surface area (Å²) in [4.78, 5) is 4.52. The first-order valence-electron chi connectivity index (χ1n) is 4.25. The quantitative estimate of drug-likeness (QED) is 0.696. The first-order valence-corrected chi connectivity index (χ1v) is 4.25. The number of hydrogen-bond acceptors (Lipinski definition) is 3. The van der Waals surface area contributed by atoms with Crippen LogP contribution in [0.4, 0.5) is 0 Å². The molecule has 1 aromatic rings. The van der Waals surface area contributed by atoms with Gasteiger partial charge in [-0.3, -0.25) is 4.84 Å². The van der Waals surface area contributed by atoms with Gasteiger partial charge in [-0.05, 0) is 17.5 Å². The van der Waals surface area contributed by atoms with E-state index < -0.39 is 0 Å². The summed E-state index contributed by atoms with van der Waals surface area (Å²) in [6, 6.07) is 8.15. The molecule has 0 fully saturated rings. The molecule has 0 bridgehead atoms. The van der Waals surface area contributed by atoms with E-state index in [4.69, 9.17) is 10.6 Å². The first-order chi connectivity index (χ1) is 6.36. The summed E-state index contributed by atoms with van der Waals surface area (Å²) in [5.41, 5.74) is 2.35. The molecule has 0 aliphatic heterocycles. The molecule has 1 aromatic carbocycles. The van der Waals surface area contributed by atoms with E-state index in [0.29, 0.717) is 6.61 Å². The van der Waals surface area contributed by atoms with Crippen LogP contribution in [-0.4, -0.2) is 13.7 Å². The standard InChI is InChI=1S/C10H15NO2/c1-12-7-6-9-2-4-10(5-3-9)8-13-11/h2-5H,6-8,11H2,1H3. The van der Waals surface area contributed by atoms with Crippen molar-refractivity contribution < 1.29 is 9.57 Å². The van der Waals surface area contributed by atoms with Crippen molar-refractivity contribution in [3.05, 3.63) is 35.4 Å². The number of ether oxygens (including phenoxy) is 1. The van der Waals surface area contributed by atoms with E-state index >= 15 is 0 Å². The smallest absolute Gasteiger partial charge is 0.0930 e. The topological polar surface area (TPSA) is 44.5 Å². The second kappa shape index (κ2) is 5.70. The summed E-state index contributed by atoms with van der Waals surface area (Å²) in [7, 11) is 1.70. The Bertz CT molecular complexity index is 233. The van der Waals surface area contributed by atoms with Crippen LogP contribution in [0.5, 0.6) is 0 Å². The third kappa shape index (κ3) is 3.55. The zero-order valence-corrected chi connectivity index (χ0v) is 7.82. The third-order valence-electron chi connectivity index (χ3n) is 1.87. The van der Waals surface area contributed by atoms with Crippen molar-refractivity contribution >= 4 is 0 Å². The Hall–Kier alpha value is -0.900. The van der Waals surface area contributed by atoms with Gasteiger partial charge in [-0.15, -0.1) is 0 Å². The van der Waals surface area contributed by atoms with Crippen LogP contribution in [0, 0.1) is 0 Å². The van der Waals surface area contributed by atoms with Crippen LogP contribution in [0.3, 0.4) is 0 Å². The lowest BCUT2D eigenvalue weighted by atomic mass is 10.1. The Balaban J connectivity index is 2.48. The maximum Gasteiger partial charge on any atom is 0.0930 e. The zero-order chi connectivity index (χ0) is 9.52. The average Bonchev–Trinajstić information content (AvgIpc) is 2.17. The lowest BCUT2D eigenvalue weighted by Gasteiger charge is -2.02. The van der Waals surface area contributed by atoms with E-state index in [9.17, 15) is 0 Å². The van der Waals surface area contributed by atoms with E-state index in [1.165, 1.54) is 5.56 Å². The molecule has 3 nitrogen and oxygen atoms in total. The number of hydrogen-bond donors (Lipinski definition) is 1. The van der Waals surface area contributed by atoms with Crippen LogP contribution < -0.4 is 5.90 Å². The molecule has 0 heterocycles. The van der Waals surface area contributed by atoms with Gasteiger partial charge in [0.05, 0.1) is 13.2 Å². The fraction of sp³-hybridized carbons (Fsp3) is 0.400. The Kier molecular flexibility index (Phi) is 4.46. The van der Waals surface area contributed by atoms with Crippen molar-refractivity contribution in [2.24, 2.45) is 5.90 Å². The van der Waals surface area contributed by atoms with Gasteiger partial charge in [0, 0.05) is 7.11 Å². The number of benzene rings is 1. The van der Waals surface area contributed by atoms with Crippen LogP contribution >= 0.6 is 0 Å². The van der Waals surface area contributed by atoms with Crippen LogP contribution in [0.25, 0.3) is 0 Å². The van der Waals surface area contributed by atoms with Crippen LogP contribution in [0.2, 0.25) is 0 Å². The van der Waals surface area contributed by atoms with Crippen LogP contribution in [0.1, 0.15) is 11.1 Å². The first kappa shape index (κ1) is 10.2. The minimum Gasteiger partial charge on any atom is -0.384 e. The summed E-state index contributed by atoms with van der Waals surface area (Å²) in [5, 5.41) is 0. The van der Waals surface area contributed by atoms with E-state index in [1.807, 2.05) is 12.1 Å². The highest BCUT2D eigenvalue weighted by molar-refractivity contribution is 5.22. The molecule has 13 heavy (non-hydrogen) atoms. The molecule has 2 N–H and O–H groups in total. The molecule has 0 unspecified atom stereocenters. The summed E-state index contributed by atoms with van der Waals surface area (Å²) < 4.78 is 4.98. The van der Waals surface area contributed by atoms with Crippen molar-refractivity contribution in [2.45, 2.75) is 13.0 Å². The van der Waals surface area contributed by atoms with E-state index in [-0.39, 0.29) is 0 Å². The van der Waals surface area contributed by atoms with E-state index in [0.717, 1.165) is 18.6 Å². The molecule has 0 saturated carbocycles. The lowest BCUT2D eigenvalue weighted by molar-refractivity contribution is 0.124. The Morgan fingerprint density at radius 3 is 2.31 bits per heavy atom. The molecule has 0 aliphatic rings. The largest absolute Gasteiger partial charge is 0.384 e. The van der Waals surface area contributed by atoms with Crippen LogP contribution in [0.15, 0.2) is 24.3 Å². The van der Waals surface area contributed by atoms with Crippen molar-refractivity contribution in [2.75, 3.05) is 13.7 Å². The van der Waals surface area contributed by atoms with Crippen molar-refractivity contribution in [1.29, 1.82) is 0 Å². The molecule has 0 aliphatic carbocycles. The maximum atomic E-state index is 4.98. The normalized spacial score (nSPS) is 10.3. The predicted octanol–water partition coefficient (Wildman–Crippen LogP) is 1.27. The highest BCUT2D eigenvalue weighted by atomic mass is 16.6. The number of methoxy groups -OCH3 is 1. The van der Waals surface area contributed by atoms with Gasteiger partial charge >= 0.3 is 0 Å². The van der Waals surface area contributed by atoms with Gasteiger partial charge in [0.1, 0.15) is 0 Å². The fourth-order valence-electron chi connectivity index (χ4n) is 1.12. The van der Waals surface area contributed by atoms with Crippen molar-refractivity contribution in [1.82, 2.24) is 0 Å². The second-order valence-corrected chi connectivity index (χ2v) is 2.87. The molecule has 72 valence electrons. The third-order valence-corrected chi connectivity index (χ3v) is 1.87. The summed E-state index contributed by atoms with van der Waals surface area (Å²) in [6.45, 7) is 1.22. The predicted molar refractivity (Wildman–Crippen MR) is 51.0 cm³/mol. The number of rotatable bonds is 5. The summed E-state index contributed by atoms with van der Waals surface area (Å²) >= 11 is 0. The fourth-order valence-corrected chi connectivity index (χ4v) is 1.12. The Labute approximate surface area is 78.4 Å².